The zero-order valence-corrected chi connectivity index (χ0v) is 11.7. The number of anilines is 1. The molecule has 0 saturated heterocycles. The smallest absolute Gasteiger partial charge is 0.350 e. The van der Waals surface area contributed by atoms with Crippen LogP contribution in [0.3, 0.4) is 0 Å². The third-order valence-corrected chi connectivity index (χ3v) is 3.69. The molecule has 4 nitrogen and oxygen atoms in total. The summed E-state index contributed by atoms with van der Waals surface area (Å²) in [5.74, 6) is -0.309. The number of rotatable bonds is 6. The van der Waals surface area contributed by atoms with Gasteiger partial charge in [-0.2, -0.15) is 0 Å². The maximum atomic E-state index is 11.4. The van der Waals surface area contributed by atoms with Crippen molar-refractivity contribution in [2.24, 2.45) is 0 Å². The van der Waals surface area contributed by atoms with Gasteiger partial charge in [0.15, 0.2) is 5.13 Å². The largest absolute Gasteiger partial charge is 0.465 e. The van der Waals surface area contributed by atoms with E-state index in [1.165, 1.54) is 18.4 Å². The number of esters is 1. The van der Waals surface area contributed by atoms with Crippen LogP contribution >= 0.6 is 11.3 Å². The first kappa shape index (κ1) is 14.0. The van der Waals surface area contributed by atoms with Gasteiger partial charge in [-0.05, 0) is 19.8 Å². The number of carbonyl (C=O) groups is 1. The van der Waals surface area contributed by atoms with Crippen molar-refractivity contribution in [3.63, 3.8) is 0 Å². The van der Waals surface area contributed by atoms with Crippen molar-refractivity contribution in [3.05, 3.63) is 10.6 Å². The Morgan fingerprint density at radius 1 is 1.53 bits per heavy atom. The highest BCUT2D eigenvalue weighted by atomic mass is 32.1. The fraction of sp³-hybridized carbons (Fsp3) is 0.667. The van der Waals surface area contributed by atoms with Crippen LogP contribution in [-0.4, -0.2) is 24.1 Å². The van der Waals surface area contributed by atoms with E-state index in [1.54, 1.807) is 0 Å². The molecule has 17 heavy (non-hydrogen) atoms. The zero-order chi connectivity index (χ0) is 12.8. The molecule has 0 bridgehead atoms. The molecule has 0 aliphatic rings. The van der Waals surface area contributed by atoms with E-state index in [0.717, 1.165) is 30.1 Å². The summed E-state index contributed by atoms with van der Waals surface area (Å²) in [4.78, 5) is 16.4. The maximum Gasteiger partial charge on any atom is 0.350 e. The van der Waals surface area contributed by atoms with Crippen LogP contribution in [0.2, 0.25) is 0 Å². The number of ether oxygens (including phenoxy) is 1. The van der Waals surface area contributed by atoms with Crippen molar-refractivity contribution in [1.82, 2.24) is 4.98 Å². The number of methoxy groups -OCH3 is 1. The van der Waals surface area contributed by atoms with E-state index in [4.69, 9.17) is 4.74 Å². The van der Waals surface area contributed by atoms with Gasteiger partial charge in [-0.15, -0.1) is 0 Å². The van der Waals surface area contributed by atoms with Crippen LogP contribution in [0.4, 0.5) is 5.13 Å². The summed E-state index contributed by atoms with van der Waals surface area (Å²) in [7, 11) is 1.39. The van der Waals surface area contributed by atoms with Crippen LogP contribution in [0.15, 0.2) is 0 Å². The summed E-state index contributed by atoms with van der Waals surface area (Å²) in [6, 6.07) is 0.427. The quantitative estimate of drug-likeness (QED) is 0.794. The number of aryl methyl sites for hydroxylation is 1. The van der Waals surface area contributed by atoms with Gasteiger partial charge in [0.05, 0.1) is 12.8 Å². The highest BCUT2D eigenvalue weighted by Gasteiger charge is 2.16. The first-order valence-corrected chi connectivity index (χ1v) is 6.76. The van der Waals surface area contributed by atoms with Crippen molar-refractivity contribution in [3.8, 4) is 0 Å². The average Bonchev–Trinajstić information content (AvgIpc) is 2.68. The molecule has 0 fully saturated rings. The van der Waals surface area contributed by atoms with Crippen molar-refractivity contribution < 1.29 is 9.53 Å². The molecule has 0 saturated carbocycles. The lowest BCUT2D eigenvalue weighted by Gasteiger charge is -2.14. The van der Waals surface area contributed by atoms with E-state index in [0.29, 0.717) is 10.9 Å². The Kier molecular flexibility index (Phi) is 5.41. The standard InChI is InChI=1S/C12H20N2O2S/c1-5-7-9(6-2)14-12-13-8(3)10(17-12)11(15)16-4/h9H,5-7H2,1-4H3,(H,13,14). The highest BCUT2D eigenvalue weighted by Crippen LogP contribution is 2.24. The molecule has 5 heteroatoms. The number of carbonyl (C=O) groups excluding carboxylic acids is 1. The molecule has 0 aliphatic heterocycles. The molecule has 0 spiro atoms. The van der Waals surface area contributed by atoms with Gasteiger partial charge in [0.2, 0.25) is 0 Å². The number of nitrogens with one attached hydrogen (secondary N) is 1. The highest BCUT2D eigenvalue weighted by molar-refractivity contribution is 7.17. The van der Waals surface area contributed by atoms with Gasteiger partial charge in [-0.1, -0.05) is 31.6 Å². The SMILES string of the molecule is CCCC(CC)Nc1nc(C)c(C(=O)OC)s1. The summed E-state index contributed by atoms with van der Waals surface area (Å²) in [6.07, 6.45) is 3.31. The Bertz CT molecular complexity index is 377. The lowest BCUT2D eigenvalue weighted by molar-refractivity contribution is 0.0605. The molecule has 96 valence electrons. The first-order chi connectivity index (χ1) is 8.12. The molecule has 1 N–H and O–H groups in total. The van der Waals surface area contributed by atoms with Crippen LogP contribution in [0.1, 0.15) is 48.5 Å². The fourth-order valence-corrected chi connectivity index (χ4v) is 2.60. The predicted octanol–water partition coefficient (Wildman–Crippen LogP) is 3.23. The summed E-state index contributed by atoms with van der Waals surface area (Å²) < 4.78 is 4.71. The van der Waals surface area contributed by atoms with Gasteiger partial charge < -0.3 is 10.1 Å². The third kappa shape index (κ3) is 3.70. The number of aromatic nitrogens is 1. The second kappa shape index (κ2) is 6.59. The van der Waals surface area contributed by atoms with Gasteiger partial charge >= 0.3 is 5.97 Å². The van der Waals surface area contributed by atoms with Crippen LogP contribution in [0.5, 0.6) is 0 Å². The van der Waals surface area contributed by atoms with Crippen molar-refractivity contribution >= 4 is 22.4 Å². The van der Waals surface area contributed by atoms with E-state index in [1.807, 2.05) is 6.92 Å². The third-order valence-electron chi connectivity index (χ3n) is 2.62. The second-order valence-electron chi connectivity index (χ2n) is 3.96. The normalized spacial score (nSPS) is 12.2. The molecule has 0 aliphatic carbocycles. The summed E-state index contributed by atoms with van der Waals surface area (Å²) in [5.41, 5.74) is 0.732. The van der Waals surface area contributed by atoms with Gasteiger partial charge in [0.1, 0.15) is 4.88 Å². The Labute approximate surface area is 106 Å². The number of thiazole rings is 1. The van der Waals surface area contributed by atoms with E-state index in [2.05, 4.69) is 24.1 Å². The maximum absolute atomic E-state index is 11.4. The molecule has 1 rings (SSSR count). The Morgan fingerprint density at radius 2 is 2.24 bits per heavy atom. The molecule has 1 atom stereocenters. The first-order valence-electron chi connectivity index (χ1n) is 5.94. The lowest BCUT2D eigenvalue weighted by Crippen LogP contribution is -2.17. The molecule has 0 aromatic carbocycles. The molecule has 1 aromatic heterocycles. The van der Waals surface area contributed by atoms with Gasteiger partial charge in [-0.3, -0.25) is 0 Å². The van der Waals surface area contributed by atoms with Crippen LogP contribution in [0, 0.1) is 6.92 Å². The molecule has 1 heterocycles. The van der Waals surface area contributed by atoms with E-state index in [-0.39, 0.29) is 5.97 Å². The van der Waals surface area contributed by atoms with Crippen LogP contribution in [-0.2, 0) is 4.74 Å². The molecule has 1 unspecified atom stereocenters. The van der Waals surface area contributed by atoms with Gasteiger partial charge in [-0.25, -0.2) is 9.78 Å². The minimum atomic E-state index is -0.309. The topological polar surface area (TPSA) is 51.2 Å². The van der Waals surface area contributed by atoms with Gasteiger partial charge in [0, 0.05) is 6.04 Å². The monoisotopic (exact) mass is 256 g/mol. The Morgan fingerprint density at radius 3 is 2.76 bits per heavy atom. The van der Waals surface area contributed by atoms with Crippen molar-refractivity contribution in [2.45, 2.75) is 46.1 Å². The fourth-order valence-electron chi connectivity index (χ4n) is 1.64. The molecule has 1 aromatic rings. The molecular weight excluding hydrogens is 236 g/mol. The predicted molar refractivity (Wildman–Crippen MR) is 70.8 cm³/mol. The minimum absolute atomic E-state index is 0.309. The zero-order valence-electron chi connectivity index (χ0n) is 10.9. The molecule has 0 radical (unpaired) electrons. The number of hydrogen-bond donors (Lipinski definition) is 1. The minimum Gasteiger partial charge on any atom is -0.465 e. The second-order valence-corrected chi connectivity index (χ2v) is 4.96. The van der Waals surface area contributed by atoms with E-state index < -0.39 is 0 Å². The molecule has 0 amide bonds. The lowest BCUT2D eigenvalue weighted by atomic mass is 10.1. The summed E-state index contributed by atoms with van der Waals surface area (Å²) in [5, 5.41) is 4.18. The van der Waals surface area contributed by atoms with E-state index >= 15 is 0 Å². The Balaban J connectivity index is 2.75. The summed E-state index contributed by atoms with van der Waals surface area (Å²) >= 11 is 1.36. The Hall–Kier alpha value is -1.10. The number of nitrogens with zero attached hydrogens (tertiary/aromatic N) is 1. The molecular formula is C12H20N2O2S. The average molecular weight is 256 g/mol. The van der Waals surface area contributed by atoms with Crippen molar-refractivity contribution in [2.75, 3.05) is 12.4 Å². The van der Waals surface area contributed by atoms with Crippen molar-refractivity contribution in [1.29, 1.82) is 0 Å². The van der Waals surface area contributed by atoms with Gasteiger partial charge in [0.25, 0.3) is 0 Å². The van der Waals surface area contributed by atoms with Crippen LogP contribution in [0.25, 0.3) is 0 Å². The number of hydrogen-bond acceptors (Lipinski definition) is 5. The van der Waals surface area contributed by atoms with E-state index in [9.17, 15) is 4.79 Å². The summed E-state index contributed by atoms with van der Waals surface area (Å²) in [6.45, 7) is 6.14. The van der Waals surface area contributed by atoms with Crippen LogP contribution < -0.4 is 5.32 Å².